The SMILES string of the molecule is CN(C1CCNC1)S(=O)(=O)c1cc2c(cc1Cl)OCCO2.Cl. The molecule has 1 N–H and O–H groups in total. The Bertz CT molecular complexity index is 648. The fourth-order valence-electron chi connectivity index (χ4n) is 2.54. The standard InChI is InChI=1S/C13H17ClN2O4S.ClH/c1-16(9-2-3-15-8-9)21(17,18)13-7-12-11(6-10(13)14)19-4-5-20-12;/h6-7,9,15H,2-5,8H2,1H3;1H. The van der Waals surface area contributed by atoms with E-state index in [0.717, 1.165) is 13.0 Å². The highest BCUT2D eigenvalue weighted by Crippen LogP contribution is 2.38. The minimum absolute atomic E-state index is 0. The molecule has 6 nitrogen and oxygen atoms in total. The number of nitrogens with zero attached hydrogens (tertiary/aromatic N) is 1. The van der Waals surface area contributed by atoms with E-state index in [9.17, 15) is 8.42 Å². The van der Waals surface area contributed by atoms with Crippen LogP contribution in [0, 0.1) is 0 Å². The highest BCUT2D eigenvalue weighted by molar-refractivity contribution is 7.89. The Kier molecular flexibility index (Phi) is 5.45. The highest BCUT2D eigenvalue weighted by atomic mass is 35.5. The maximum absolute atomic E-state index is 12.7. The second-order valence-electron chi connectivity index (χ2n) is 5.09. The van der Waals surface area contributed by atoms with Gasteiger partial charge in [-0.1, -0.05) is 11.6 Å². The van der Waals surface area contributed by atoms with Crippen molar-refractivity contribution in [3.05, 3.63) is 17.2 Å². The monoisotopic (exact) mass is 368 g/mol. The van der Waals surface area contributed by atoms with Crippen LogP contribution in [-0.2, 0) is 10.0 Å². The van der Waals surface area contributed by atoms with Crippen molar-refractivity contribution < 1.29 is 17.9 Å². The molecule has 0 aromatic heterocycles. The average Bonchev–Trinajstić information content (AvgIpc) is 2.99. The number of ether oxygens (including phenoxy) is 2. The van der Waals surface area contributed by atoms with Gasteiger partial charge in [-0.25, -0.2) is 8.42 Å². The molecule has 2 aliphatic heterocycles. The van der Waals surface area contributed by atoms with Crippen LogP contribution in [0.15, 0.2) is 17.0 Å². The summed E-state index contributed by atoms with van der Waals surface area (Å²) in [5.74, 6) is 0.901. The van der Waals surface area contributed by atoms with E-state index < -0.39 is 10.0 Å². The zero-order valence-corrected chi connectivity index (χ0v) is 14.4. The lowest BCUT2D eigenvalue weighted by Gasteiger charge is -2.25. The highest BCUT2D eigenvalue weighted by Gasteiger charge is 2.32. The van der Waals surface area contributed by atoms with Crippen molar-refractivity contribution in [1.82, 2.24) is 9.62 Å². The molecule has 1 fully saturated rings. The van der Waals surface area contributed by atoms with Gasteiger partial charge in [-0.3, -0.25) is 0 Å². The van der Waals surface area contributed by atoms with Gasteiger partial charge in [0.15, 0.2) is 11.5 Å². The first-order valence-electron chi connectivity index (χ1n) is 6.78. The molecule has 2 heterocycles. The van der Waals surface area contributed by atoms with Gasteiger partial charge in [0.25, 0.3) is 0 Å². The van der Waals surface area contributed by atoms with Crippen molar-refractivity contribution >= 4 is 34.0 Å². The van der Waals surface area contributed by atoms with Crippen molar-refractivity contribution in [2.75, 3.05) is 33.4 Å². The van der Waals surface area contributed by atoms with E-state index in [1.54, 1.807) is 7.05 Å². The molecule has 0 radical (unpaired) electrons. The molecule has 2 aliphatic rings. The molecule has 1 aromatic carbocycles. The number of nitrogens with one attached hydrogen (secondary N) is 1. The first-order chi connectivity index (χ1) is 10.00. The van der Waals surface area contributed by atoms with E-state index in [-0.39, 0.29) is 28.4 Å². The molecule has 1 aromatic rings. The maximum atomic E-state index is 12.7. The summed E-state index contributed by atoms with van der Waals surface area (Å²) in [4.78, 5) is 0.0582. The second-order valence-corrected chi connectivity index (χ2v) is 7.47. The molecule has 1 atom stereocenters. The van der Waals surface area contributed by atoms with Gasteiger partial charge in [0.1, 0.15) is 18.1 Å². The Morgan fingerprint density at radius 1 is 1.27 bits per heavy atom. The first kappa shape index (κ1) is 17.6. The third kappa shape index (κ3) is 3.14. The number of benzene rings is 1. The van der Waals surface area contributed by atoms with E-state index in [2.05, 4.69) is 5.32 Å². The molecule has 0 aliphatic carbocycles. The third-order valence-corrected chi connectivity index (χ3v) is 6.18. The molecule has 0 saturated carbocycles. The smallest absolute Gasteiger partial charge is 0.244 e. The molecule has 1 saturated heterocycles. The third-order valence-electron chi connectivity index (χ3n) is 3.80. The molecule has 0 spiro atoms. The summed E-state index contributed by atoms with van der Waals surface area (Å²) in [6.45, 7) is 2.30. The summed E-state index contributed by atoms with van der Waals surface area (Å²) >= 11 is 6.14. The number of sulfonamides is 1. The van der Waals surface area contributed by atoms with Crippen LogP contribution in [-0.4, -0.2) is 52.1 Å². The summed E-state index contributed by atoms with van der Waals surface area (Å²) < 4.78 is 37.7. The molecule has 0 bridgehead atoms. The number of hydrogen-bond donors (Lipinski definition) is 1. The Morgan fingerprint density at radius 2 is 1.91 bits per heavy atom. The van der Waals surface area contributed by atoms with Crippen molar-refractivity contribution in [2.45, 2.75) is 17.4 Å². The van der Waals surface area contributed by atoms with Crippen LogP contribution in [0.2, 0.25) is 5.02 Å². The predicted octanol–water partition coefficient (Wildman–Crippen LogP) is 1.52. The molecule has 1 unspecified atom stereocenters. The molecular formula is C13H18Cl2N2O4S. The quantitative estimate of drug-likeness (QED) is 0.875. The lowest BCUT2D eigenvalue weighted by atomic mass is 10.3. The Labute approximate surface area is 141 Å². The van der Waals surface area contributed by atoms with Gasteiger partial charge in [0, 0.05) is 31.8 Å². The van der Waals surface area contributed by atoms with Crippen LogP contribution in [0.5, 0.6) is 11.5 Å². The van der Waals surface area contributed by atoms with Crippen LogP contribution in [0.4, 0.5) is 0 Å². The van der Waals surface area contributed by atoms with Gasteiger partial charge in [-0.15, -0.1) is 12.4 Å². The normalized spacial score (nSPS) is 20.8. The first-order valence-corrected chi connectivity index (χ1v) is 8.60. The number of rotatable bonds is 3. The summed E-state index contributed by atoms with van der Waals surface area (Å²) in [7, 11) is -2.08. The molecule has 9 heteroatoms. The van der Waals surface area contributed by atoms with Crippen LogP contribution >= 0.6 is 24.0 Å². The predicted molar refractivity (Wildman–Crippen MR) is 85.9 cm³/mol. The number of hydrogen-bond acceptors (Lipinski definition) is 5. The average molecular weight is 369 g/mol. The topological polar surface area (TPSA) is 67.9 Å². The van der Waals surface area contributed by atoms with Crippen LogP contribution in [0.3, 0.4) is 0 Å². The lowest BCUT2D eigenvalue weighted by Crippen LogP contribution is -2.38. The van der Waals surface area contributed by atoms with Crippen molar-refractivity contribution in [2.24, 2.45) is 0 Å². The molecular weight excluding hydrogens is 351 g/mol. The zero-order chi connectivity index (χ0) is 15.0. The minimum atomic E-state index is -3.66. The van der Waals surface area contributed by atoms with Crippen LogP contribution < -0.4 is 14.8 Å². The van der Waals surface area contributed by atoms with Crippen molar-refractivity contribution in [3.8, 4) is 11.5 Å². The van der Waals surface area contributed by atoms with Gasteiger partial charge >= 0.3 is 0 Å². The Hall–Kier alpha value is -0.730. The fourth-order valence-corrected chi connectivity index (χ4v) is 4.43. The van der Waals surface area contributed by atoms with Crippen molar-refractivity contribution in [1.29, 1.82) is 0 Å². The lowest BCUT2D eigenvalue weighted by molar-refractivity contribution is 0.171. The summed E-state index contributed by atoms with van der Waals surface area (Å²) in [5.41, 5.74) is 0. The zero-order valence-electron chi connectivity index (χ0n) is 12.0. The molecule has 22 heavy (non-hydrogen) atoms. The maximum Gasteiger partial charge on any atom is 0.244 e. The van der Waals surface area contributed by atoms with E-state index in [0.29, 0.717) is 31.3 Å². The van der Waals surface area contributed by atoms with E-state index in [1.807, 2.05) is 0 Å². The summed E-state index contributed by atoms with van der Waals surface area (Å²) in [6.07, 6.45) is 0.790. The van der Waals surface area contributed by atoms with Gasteiger partial charge in [-0.2, -0.15) is 4.31 Å². The fraction of sp³-hybridized carbons (Fsp3) is 0.538. The van der Waals surface area contributed by atoms with Gasteiger partial charge in [0.05, 0.1) is 5.02 Å². The van der Waals surface area contributed by atoms with Gasteiger partial charge in [-0.05, 0) is 13.0 Å². The summed E-state index contributed by atoms with van der Waals surface area (Å²) in [5, 5.41) is 3.31. The van der Waals surface area contributed by atoms with Crippen molar-refractivity contribution in [3.63, 3.8) is 0 Å². The Morgan fingerprint density at radius 3 is 2.50 bits per heavy atom. The second kappa shape index (κ2) is 6.80. The minimum Gasteiger partial charge on any atom is -0.486 e. The number of fused-ring (bicyclic) bond motifs is 1. The van der Waals surface area contributed by atoms with Gasteiger partial charge in [0.2, 0.25) is 10.0 Å². The largest absolute Gasteiger partial charge is 0.486 e. The number of likely N-dealkylation sites (N-methyl/N-ethyl adjacent to an activating group) is 1. The Balaban J connectivity index is 0.00000176. The molecule has 0 amide bonds. The van der Waals surface area contributed by atoms with Gasteiger partial charge < -0.3 is 14.8 Å². The van der Waals surface area contributed by atoms with E-state index >= 15 is 0 Å². The number of halogens is 2. The van der Waals surface area contributed by atoms with Crippen LogP contribution in [0.1, 0.15) is 6.42 Å². The summed E-state index contributed by atoms with van der Waals surface area (Å²) in [6, 6.07) is 2.90. The van der Waals surface area contributed by atoms with E-state index in [1.165, 1.54) is 16.4 Å². The molecule has 3 rings (SSSR count). The van der Waals surface area contributed by atoms with E-state index in [4.69, 9.17) is 21.1 Å². The molecule has 124 valence electrons. The van der Waals surface area contributed by atoms with Crippen LogP contribution in [0.25, 0.3) is 0 Å².